The molecule has 1 atom stereocenters. The normalized spacial score (nSPS) is 12.2. The summed E-state index contributed by atoms with van der Waals surface area (Å²) in [4.78, 5) is 11.2. The molecule has 1 aromatic carbocycles. The number of esters is 1. The Hall–Kier alpha value is -1.42. The largest absolute Gasteiger partial charge is 0.466 e. The molecule has 88 valence electrons. The first-order chi connectivity index (χ1) is 7.54. The fourth-order valence-electron chi connectivity index (χ4n) is 1.52. The van der Waals surface area contributed by atoms with Crippen LogP contribution >= 0.6 is 0 Å². The Morgan fingerprint density at radius 2 is 2.25 bits per heavy atom. The van der Waals surface area contributed by atoms with Crippen LogP contribution in [0.3, 0.4) is 0 Å². The standard InChI is InChI=1S/C12H16FNO2/c1-3-16-12(15)7-11(14)10-6-9(13)5-4-8(10)2/h4-6,11H,3,7,14H2,1-2H3/t11-/m0/s1. The molecule has 2 N–H and O–H groups in total. The number of carbonyl (C=O) groups is 1. The summed E-state index contributed by atoms with van der Waals surface area (Å²) in [5, 5.41) is 0. The molecule has 0 saturated heterocycles. The van der Waals surface area contributed by atoms with Gasteiger partial charge in [0.15, 0.2) is 0 Å². The van der Waals surface area contributed by atoms with E-state index in [9.17, 15) is 9.18 Å². The highest BCUT2D eigenvalue weighted by molar-refractivity contribution is 5.70. The Bertz CT molecular complexity index is 379. The van der Waals surface area contributed by atoms with E-state index in [0.717, 1.165) is 5.56 Å². The van der Waals surface area contributed by atoms with Crippen molar-refractivity contribution in [3.05, 3.63) is 35.1 Å². The van der Waals surface area contributed by atoms with Crippen molar-refractivity contribution in [2.24, 2.45) is 5.73 Å². The third-order valence-electron chi connectivity index (χ3n) is 2.33. The van der Waals surface area contributed by atoms with Crippen molar-refractivity contribution >= 4 is 5.97 Å². The molecule has 0 heterocycles. The highest BCUT2D eigenvalue weighted by Gasteiger charge is 2.14. The van der Waals surface area contributed by atoms with Gasteiger partial charge in [0.05, 0.1) is 13.0 Å². The van der Waals surface area contributed by atoms with Gasteiger partial charge in [-0.25, -0.2) is 4.39 Å². The van der Waals surface area contributed by atoms with Gasteiger partial charge in [0.1, 0.15) is 5.82 Å². The van der Waals surface area contributed by atoms with Crippen molar-refractivity contribution in [1.29, 1.82) is 0 Å². The summed E-state index contributed by atoms with van der Waals surface area (Å²) in [7, 11) is 0. The van der Waals surface area contributed by atoms with E-state index in [1.165, 1.54) is 12.1 Å². The van der Waals surface area contributed by atoms with Gasteiger partial charge in [-0.2, -0.15) is 0 Å². The average Bonchev–Trinajstić information content (AvgIpc) is 2.21. The van der Waals surface area contributed by atoms with Crippen LogP contribution in [0.5, 0.6) is 0 Å². The van der Waals surface area contributed by atoms with E-state index < -0.39 is 6.04 Å². The van der Waals surface area contributed by atoms with Crippen molar-refractivity contribution in [1.82, 2.24) is 0 Å². The molecule has 0 aliphatic heterocycles. The lowest BCUT2D eigenvalue weighted by Gasteiger charge is -2.13. The molecule has 1 aromatic rings. The predicted octanol–water partition coefficient (Wildman–Crippen LogP) is 2.09. The van der Waals surface area contributed by atoms with Crippen molar-refractivity contribution < 1.29 is 13.9 Å². The van der Waals surface area contributed by atoms with Gasteiger partial charge in [-0.3, -0.25) is 4.79 Å². The van der Waals surface area contributed by atoms with Crippen molar-refractivity contribution in [2.45, 2.75) is 26.3 Å². The zero-order chi connectivity index (χ0) is 12.1. The number of nitrogens with two attached hydrogens (primary N) is 1. The van der Waals surface area contributed by atoms with E-state index in [1.54, 1.807) is 13.0 Å². The van der Waals surface area contributed by atoms with Crippen LogP contribution in [-0.2, 0) is 9.53 Å². The van der Waals surface area contributed by atoms with E-state index in [0.29, 0.717) is 12.2 Å². The van der Waals surface area contributed by atoms with E-state index in [2.05, 4.69) is 0 Å². The molecule has 0 aliphatic carbocycles. The van der Waals surface area contributed by atoms with Crippen LogP contribution in [0.15, 0.2) is 18.2 Å². The van der Waals surface area contributed by atoms with Gasteiger partial charge in [0.2, 0.25) is 0 Å². The molecule has 0 aliphatic rings. The van der Waals surface area contributed by atoms with Crippen molar-refractivity contribution in [3.8, 4) is 0 Å². The summed E-state index contributed by atoms with van der Waals surface area (Å²) in [6.07, 6.45) is 0.0676. The fraction of sp³-hybridized carbons (Fsp3) is 0.417. The zero-order valence-electron chi connectivity index (χ0n) is 9.50. The van der Waals surface area contributed by atoms with Crippen LogP contribution in [-0.4, -0.2) is 12.6 Å². The molecule has 16 heavy (non-hydrogen) atoms. The number of hydrogen-bond acceptors (Lipinski definition) is 3. The molecule has 0 radical (unpaired) electrons. The summed E-state index contributed by atoms with van der Waals surface area (Å²) in [5.41, 5.74) is 7.35. The molecule has 4 heteroatoms. The zero-order valence-corrected chi connectivity index (χ0v) is 9.50. The van der Waals surface area contributed by atoms with Crippen LogP contribution in [0.1, 0.15) is 30.5 Å². The van der Waals surface area contributed by atoms with Gasteiger partial charge < -0.3 is 10.5 Å². The van der Waals surface area contributed by atoms with Crippen LogP contribution in [0, 0.1) is 12.7 Å². The van der Waals surface area contributed by atoms with E-state index in [-0.39, 0.29) is 18.2 Å². The summed E-state index contributed by atoms with van der Waals surface area (Å²) in [6.45, 7) is 3.89. The molecule has 0 fully saturated rings. The summed E-state index contributed by atoms with van der Waals surface area (Å²) >= 11 is 0. The van der Waals surface area contributed by atoms with Crippen LogP contribution in [0.2, 0.25) is 0 Å². The maximum atomic E-state index is 13.0. The number of carbonyl (C=O) groups excluding carboxylic acids is 1. The first-order valence-electron chi connectivity index (χ1n) is 5.21. The highest BCUT2D eigenvalue weighted by Crippen LogP contribution is 2.20. The Balaban J connectivity index is 2.76. The second kappa shape index (κ2) is 5.61. The first-order valence-corrected chi connectivity index (χ1v) is 5.21. The van der Waals surface area contributed by atoms with E-state index in [1.807, 2.05) is 6.92 Å². The number of aryl methyl sites for hydroxylation is 1. The third-order valence-corrected chi connectivity index (χ3v) is 2.33. The second-order valence-corrected chi connectivity index (χ2v) is 3.62. The van der Waals surface area contributed by atoms with E-state index >= 15 is 0 Å². The topological polar surface area (TPSA) is 52.3 Å². The molecule has 0 amide bonds. The molecule has 0 spiro atoms. The Morgan fingerprint density at radius 1 is 1.56 bits per heavy atom. The van der Waals surface area contributed by atoms with Gasteiger partial charge in [-0.1, -0.05) is 6.07 Å². The fourth-order valence-corrected chi connectivity index (χ4v) is 1.52. The number of ether oxygens (including phenoxy) is 1. The third kappa shape index (κ3) is 3.31. The molecule has 0 unspecified atom stereocenters. The molecule has 0 bridgehead atoms. The quantitative estimate of drug-likeness (QED) is 0.798. The molecular formula is C12H16FNO2. The maximum Gasteiger partial charge on any atom is 0.307 e. The minimum absolute atomic E-state index is 0.0676. The molecular weight excluding hydrogens is 209 g/mol. The lowest BCUT2D eigenvalue weighted by atomic mass is 9.99. The van der Waals surface area contributed by atoms with Gasteiger partial charge >= 0.3 is 5.97 Å². The summed E-state index contributed by atoms with van der Waals surface area (Å²) in [5.74, 6) is -0.710. The van der Waals surface area contributed by atoms with Crippen molar-refractivity contribution in [2.75, 3.05) is 6.61 Å². The Labute approximate surface area is 94.4 Å². The number of benzene rings is 1. The van der Waals surface area contributed by atoms with Gasteiger partial charge in [0, 0.05) is 6.04 Å². The molecule has 3 nitrogen and oxygen atoms in total. The number of halogens is 1. The summed E-state index contributed by atoms with van der Waals surface area (Å²) in [6, 6.07) is 3.86. The highest BCUT2D eigenvalue weighted by atomic mass is 19.1. The number of hydrogen-bond donors (Lipinski definition) is 1. The van der Waals surface area contributed by atoms with Crippen LogP contribution < -0.4 is 5.73 Å². The van der Waals surface area contributed by atoms with Gasteiger partial charge in [-0.05, 0) is 37.1 Å². The smallest absolute Gasteiger partial charge is 0.307 e. The first kappa shape index (κ1) is 12.6. The Kier molecular flexibility index (Phi) is 4.43. The van der Waals surface area contributed by atoms with Gasteiger partial charge in [0.25, 0.3) is 0 Å². The van der Waals surface area contributed by atoms with Gasteiger partial charge in [-0.15, -0.1) is 0 Å². The lowest BCUT2D eigenvalue weighted by Crippen LogP contribution is -2.18. The minimum atomic E-state index is -0.519. The lowest BCUT2D eigenvalue weighted by molar-refractivity contribution is -0.143. The average molecular weight is 225 g/mol. The molecule has 1 rings (SSSR count). The monoisotopic (exact) mass is 225 g/mol. The molecule has 0 aromatic heterocycles. The summed E-state index contributed by atoms with van der Waals surface area (Å²) < 4.78 is 17.8. The molecule has 0 saturated carbocycles. The van der Waals surface area contributed by atoms with Crippen LogP contribution in [0.4, 0.5) is 4.39 Å². The minimum Gasteiger partial charge on any atom is -0.466 e. The Morgan fingerprint density at radius 3 is 2.88 bits per heavy atom. The maximum absolute atomic E-state index is 13.0. The predicted molar refractivity (Wildman–Crippen MR) is 59.3 cm³/mol. The van der Waals surface area contributed by atoms with Crippen LogP contribution in [0.25, 0.3) is 0 Å². The number of rotatable bonds is 4. The second-order valence-electron chi connectivity index (χ2n) is 3.62. The van der Waals surface area contributed by atoms with E-state index in [4.69, 9.17) is 10.5 Å². The SMILES string of the molecule is CCOC(=O)C[C@H](N)c1cc(F)ccc1C. The van der Waals surface area contributed by atoms with Crippen molar-refractivity contribution in [3.63, 3.8) is 0 Å².